The maximum atomic E-state index is 3.42. The highest BCUT2D eigenvalue weighted by Crippen LogP contribution is 2.14. The first-order chi connectivity index (χ1) is 6.59. The minimum absolute atomic E-state index is 0.547. The van der Waals surface area contributed by atoms with Crippen LogP contribution in [-0.4, -0.2) is 6.04 Å². The van der Waals surface area contributed by atoms with Gasteiger partial charge in [0.15, 0.2) is 0 Å². The van der Waals surface area contributed by atoms with Crippen LogP contribution < -0.4 is 5.32 Å². The third kappa shape index (κ3) is 3.51. The summed E-state index contributed by atoms with van der Waals surface area (Å²) in [5, 5.41) is 3.42. The molecule has 1 rings (SSSR count). The van der Waals surface area contributed by atoms with E-state index in [9.17, 15) is 0 Å². The van der Waals surface area contributed by atoms with Gasteiger partial charge in [-0.1, -0.05) is 52.0 Å². The summed E-state index contributed by atoms with van der Waals surface area (Å²) in [7, 11) is 0. The lowest BCUT2D eigenvalue weighted by Gasteiger charge is -2.10. The van der Waals surface area contributed by atoms with Crippen molar-refractivity contribution < 1.29 is 0 Å². The van der Waals surface area contributed by atoms with Crippen LogP contribution in [0, 0.1) is 5.92 Å². The molecule has 0 spiro atoms. The summed E-state index contributed by atoms with van der Waals surface area (Å²) in [6.45, 7) is 9.59. The number of nitrogens with one attached hydrogen (secondary N) is 1. The van der Waals surface area contributed by atoms with Crippen LogP contribution in [0.5, 0.6) is 0 Å². The molecule has 0 aromatic heterocycles. The number of hydrogen-bond acceptors (Lipinski definition) is 1. The summed E-state index contributed by atoms with van der Waals surface area (Å²) in [4.78, 5) is 0. The topological polar surface area (TPSA) is 12.0 Å². The Morgan fingerprint density at radius 2 is 2.00 bits per heavy atom. The van der Waals surface area contributed by atoms with E-state index in [2.05, 4.69) is 57.3 Å². The van der Waals surface area contributed by atoms with Crippen molar-refractivity contribution in [3.05, 3.63) is 41.3 Å². The molecule has 0 aliphatic carbocycles. The van der Waals surface area contributed by atoms with Crippen molar-refractivity contribution in [1.29, 1.82) is 0 Å². The summed E-state index contributed by atoms with van der Waals surface area (Å²) in [5.74, 6) is 1.37. The second-order valence-corrected chi connectivity index (χ2v) is 4.24. The van der Waals surface area contributed by atoms with Gasteiger partial charge in [0, 0.05) is 12.6 Å². The first-order valence-corrected chi connectivity index (χ1v) is 5.22. The Balaban J connectivity index is 2.64. The molecule has 14 heavy (non-hydrogen) atoms. The van der Waals surface area contributed by atoms with Crippen molar-refractivity contribution in [3.8, 4) is 0 Å². The Hall–Kier alpha value is -0.820. The van der Waals surface area contributed by atoms with Gasteiger partial charge in [-0.2, -0.15) is 0 Å². The van der Waals surface area contributed by atoms with Gasteiger partial charge in [0.05, 0.1) is 0 Å². The average Bonchev–Trinajstić information content (AvgIpc) is 2.15. The van der Waals surface area contributed by atoms with Crippen LogP contribution in [0.4, 0.5) is 0 Å². The molecule has 77 valence electrons. The first kappa shape index (κ1) is 11.3. The smallest absolute Gasteiger partial charge is 0.0207 e. The Labute approximate surface area is 87.5 Å². The molecular weight excluding hydrogens is 170 g/mol. The van der Waals surface area contributed by atoms with E-state index in [1.807, 2.05) is 0 Å². The van der Waals surface area contributed by atoms with Gasteiger partial charge in [0.25, 0.3) is 0 Å². The van der Waals surface area contributed by atoms with Gasteiger partial charge in [0.2, 0.25) is 0 Å². The fourth-order valence-electron chi connectivity index (χ4n) is 1.31. The summed E-state index contributed by atoms with van der Waals surface area (Å²) >= 11 is 0. The highest BCUT2D eigenvalue weighted by atomic mass is 14.9. The summed E-state index contributed by atoms with van der Waals surface area (Å²) in [5.41, 5.74) is 2.70. The molecule has 0 bridgehead atoms. The van der Waals surface area contributed by atoms with Gasteiger partial charge in [-0.05, 0) is 17.0 Å². The van der Waals surface area contributed by atoms with Crippen LogP contribution in [0.3, 0.4) is 0 Å². The molecule has 0 saturated heterocycles. The van der Waals surface area contributed by atoms with E-state index in [-0.39, 0.29) is 0 Å². The van der Waals surface area contributed by atoms with E-state index in [1.54, 1.807) is 0 Å². The molecule has 0 saturated carbocycles. The largest absolute Gasteiger partial charge is 0.310 e. The van der Waals surface area contributed by atoms with Crippen LogP contribution >= 0.6 is 0 Å². The fourth-order valence-corrected chi connectivity index (χ4v) is 1.31. The Bertz CT molecular complexity index is 276. The summed E-state index contributed by atoms with van der Waals surface area (Å²) in [6, 6.07) is 9.26. The van der Waals surface area contributed by atoms with Gasteiger partial charge < -0.3 is 5.32 Å². The highest BCUT2D eigenvalue weighted by Gasteiger charge is 2.00. The molecule has 1 N–H and O–H groups in total. The molecule has 1 aromatic rings. The van der Waals surface area contributed by atoms with Gasteiger partial charge in [-0.15, -0.1) is 0 Å². The average molecular weight is 190 g/mol. The van der Waals surface area contributed by atoms with E-state index in [0.717, 1.165) is 6.54 Å². The minimum atomic E-state index is 0.547. The lowest BCUT2D eigenvalue weighted by Crippen LogP contribution is -2.21. The molecule has 1 radical (unpaired) electrons. The monoisotopic (exact) mass is 190 g/mol. The van der Waals surface area contributed by atoms with Crippen LogP contribution in [-0.2, 0) is 6.54 Å². The van der Waals surface area contributed by atoms with Crippen LogP contribution in [0.1, 0.15) is 38.8 Å². The van der Waals surface area contributed by atoms with E-state index in [1.165, 1.54) is 17.0 Å². The Kier molecular flexibility index (Phi) is 4.15. The molecular formula is C13H20N. The van der Waals surface area contributed by atoms with Gasteiger partial charge in [-0.25, -0.2) is 0 Å². The molecule has 1 heteroatoms. The molecule has 0 heterocycles. The standard InChI is InChI=1S/C13H20N/c1-10(2)13-7-5-6-12(8-13)9-14-11(3)4/h5-8,11,14H,9H2,1-4H3. The SMILES string of the molecule is C[C](C)c1cccc(CNC(C)C)c1. The highest BCUT2D eigenvalue weighted by molar-refractivity contribution is 5.32. The first-order valence-electron chi connectivity index (χ1n) is 5.22. The normalized spacial score (nSPS) is 11.3. The van der Waals surface area contributed by atoms with Crippen molar-refractivity contribution in [2.24, 2.45) is 0 Å². The molecule has 0 aliphatic heterocycles. The second-order valence-electron chi connectivity index (χ2n) is 4.24. The third-order valence-electron chi connectivity index (χ3n) is 2.22. The molecule has 1 aromatic carbocycles. The quantitative estimate of drug-likeness (QED) is 0.769. The summed E-state index contributed by atoms with van der Waals surface area (Å²) in [6.07, 6.45) is 0. The zero-order valence-electron chi connectivity index (χ0n) is 9.59. The van der Waals surface area contributed by atoms with Gasteiger partial charge in [0.1, 0.15) is 0 Å². The zero-order valence-corrected chi connectivity index (χ0v) is 9.59. The third-order valence-corrected chi connectivity index (χ3v) is 2.22. The predicted molar refractivity (Wildman–Crippen MR) is 62.1 cm³/mol. The molecule has 0 amide bonds. The fraction of sp³-hybridized carbons (Fsp3) is 0.462. The number of hydrogen-bond donors (Lipinski definition) is 1. The van der Waals surface area contributed by atoms with Gasteiger partial charge in [-0.3, -0.25) is 0 Å². The zero-order chi connectivity index (χ0) is 10.6. The van der Waals surface area contributed by atoms with Gasteiger partial charge >= 0.3 is 0 Å². The molecule has 1 nitrogen and oxygen atoms in total. The molecule has 0 fully saturated rings. The maximum Gasteiger partial charge on any atom is 0.0207 e. The minimum Gasteiger partial charge on any atom is -0.310 e. The Morgan fingerprint density at radius 1 is 1.29 bits per heavy atom. The lowest BCUT2D eigenvalue weighted by atomic mass is 10.0. The molecule has 0 unspecified atom stereocenters. The summed E-state index contributed by atoms with van der Waals surface area (Å²) < 4.78 is 0. The molecule has 0 atom stereocenters. The van der Waals surface area contributed by atoms with E-state index in [4.69, 9.17) is 0 Å². The van der Waals surface area contributed by atoms with Crippen molar-refractivity contribution in [2.75, 3.05) is 0 Å². The maximum absolute atomic E-state index is 3.42. The van der Waals surface area contributed by atoms with Crippen molar-refractivity contribution in [1.82, 2.24) is 5.32 Å². The van der Waals surface area contributed by atoms with E-state index < -0.39 is 0 Å². The number of rotatable bonds is 4. The van der Waals surface area contributed by atoms with Crippen molar-refractivity contribution >= 4 is 0 Å². The predicted octanol–water partition coefficient (Wildman–Crippen LogP) is 3.15. The number of benzene rings is 1. The lowest BCUT2D eigenvalue weighted by molar-refractivity contribution is 0.588. The van der Waals surface area contributed by atoms with Crippen molar-refractivity contribution in [2.45, 2.75) is 40.3 Å². The van der Waals surface area contributed by atoms with Crippen LogP contribution in [0.2, 0.25) is 0 Å². The van der Waals surface area contributed by atoms with Crippen molar-refractivity contribution in [3.63, 3.8) is 0 Å². The van der Waals surface area contributed by atoms with Crippen LogP contribution in [0.25, 0.3) is 0 Å². The Morgan fingerprint density at radius 3 is 2.57 bits per heavy atom. The van der Waals surface area contributed by atoms with E-state index >= 15 is 0 Å². The molecule has 0 aliphatic rings. The van der Waals surface area contributed by atoms with E-state index in [0.29, 0.717) is 6.04 Å². The van der Waals surface area contributed by atoms with Crippen LogP contribution in [0.15, 0.2) is 24.3 Å². The second kappa shape index (κ2) is 5.16.